The summed E-state index contributed by atoms with van der Waals surface area (Å²) in [7, 11) is -2.97. The van der Waals surface area contributed by atoms with Crippen LogP contribution in [0.2, 0.25) is 0 Å². The Balaban J connectivity index is 1.92. The summed E-state index contributed by atoms with van der Waals surface area (Å²) in [5.41, 5.74) is 1.67. The van der Waals surface area contributed by atoms with Gasteiger partial charge in [-0.25, -0.2) is 8.42 Å². The zero-order chi connectivity index (χ0) is 11.4. The number of sulfone groups is 1. The molecule has 2 heterocycles. The van der Waals surface area contributed by atoms with E-state index in [1.54, 1.807) is 11.7 Å². The first-order valence-corrected chi connectivity index (χ1v) is 8.14. The fraction of sp³-hybridized carbons (Fsp3) is 0.700. The Morgan fingerprint density at radius 2 is 2.44 bits per heavy atom. The average molecular weight is 260 g/mol. The molecule has 1 aromatic heterocycles. The number of rotatable bonds is 4. The van der Waals surface area contributed by atoms with Gasteiger partial charge in [-0.1, -0.05) is 0 Å². The summed E-state index contributed by atoms with van der Waals surface area (Å²) >= 11 is 1.41. The highest BCUT2D eigenvalue weighted by Crippen LogP contribution is 2.17. The van der Waals surface area contributed by atoms with E-state index < -0.39 is 9.84 Å². The summed E-state index contributed by atoms with van der Waals surface area (Å²) < 4.78 is 23.8. The Hall–Kier alpha value is -0.460. The molecule has 1 atom stereocenters. The van der Waals surface area contributed by atoms with E-state index in [1.165, 1.54) is 11.3 Å². The first kappa shape index (κ1) is 12.0. The Labute approximate surface area is 100 Å². The molecule has 4 nitrogen and oxygen atoms in total. The number of nitrogens with zero attached hydrogens (tertiary/aromatic N) is 1. The number of nitrogens with one attached hydrogen (secondary N) is 1. The van der Waals surface area contributed by atoms with E-state index in [0.29, 0.717) is 5.75 Å². The summed E-state index contributed by atoms with van der Waals surface area (Å²) in [5.74, 6) is 0.734. The van der Waals surface area contributed by atoms with Gasteiger partial charge >= 0.3 is 0 Å². The van der Waals surface area contributed by atoms with Gasteiger partial charge < -0.3 is 5.32 Å². The van der Waals surface area contributed by atoms with E-state index in [1.807, 2.05) is 0 Å². The lowest BCUT2D eigenvalue weighted by Gasteiger charge is -2.22. The fourth-order valence-electron chi connectivity index (χ4n) is 2.01. The number of aromatic nitrogens is 1. The van der Waals surface area contributed by atoms with Gasteiger partial charge in [0.15, 0.2) is 9.84 Å². The predicted molar refractivity (Wildman–Crippen MR) is 65.2 cm³/mol. The lowest BCUT2D eigenvalue weighted by atomic mass is 10.0. The van der Waals surface area contributed by atoms with Crippen molar-refractivity contribution in [1.82, 2.24) is 10.3 Å². The van der Waals surface area contributed by atoms with Gasteiger partial charge in [-0.15, -0.1) is 11.3 Å². The molecule has 6 heteroatoms. The second-order valence-electron chi connectivity index (χ2n) is 4.23. The van der Waals surface area contributed by atoms with Gasteiger partial charge in [-0.3, -0.25) is 4.98 Å². The number of hydrogen-bond acceptors (Lipinski definition) is 5. The van der Waals surface area contributed by atoms with Crippen LogP contribution in [-0.4, -0.2) is 32.2 Å². The van der Waals surface area contributed by atoms with Gasteiger partial charge in [-0.05, 0) is 31.8 Å². The quantitative estimate of drug-likeness (QED) is 0.879. The molecule has 1 fully saturated rings. The minimum Gasteiger partial charge on any atom is -0.316 e. The maximum atomic E-state index is 11.9. The molecule has 16 heavy (non-hydrogen) atoms. The number of hydrogen-bond donors (Lipinski definition) is 1. The maximum absolute atomic E-state index is 11.9. The molecule has 0 aliphatic carbocycles. The van der Waals surface area contributed by atoms with Gasteiger partial charge in [0.2, 0.25) is 0 Å². The van der Waals surface area contributed by atoms with Crippen LogP contribution in [0.25, 0.3) is 0 Å². The van der Waals surface area contributed by atoms with Crippen molar-refractivity contribution in [2.75, 3.05) is 18.8 Å². The first-order chi connectivity index (χ1) is 7.66. The van der Waals surface area contributed by atoms with E-state index in [0.717, 1.165) is 30.8 Å². The van der Waals surface area contributed by atoms with Crippen molar-refractivity contribution < 1.29 is 8.42 Å². The van der Waals surface area contributed by atoms with Crippen LogP contribution in [0, 0.1) is 5.92 Å². The zero-order valence-electron chi connectivity index (χ0n) is 9.05. The second kappa shape index (κ2) is 5.25. The standard InChI is InChI=1S/C10H16N2O2S2/c13-16(14,7-10-5-12-8-15-10)6-9-2-1-3-11-4-9/h5,8-9,11H,1-4,6-7H2. The van der Waals surface area contributed by atoms with E-state index in [2.05, 4.69) is 10.3 Å². The van der Waals surface area contributed by atoms with E-state index in [-0.39, 0.29) is 11.7 Å². The van der Waals surface area contributed by atoms with Crippen LogP contribution >= 0.6 is 11.3 Å². The molecule has 1 N–H and O–H groups in total. The average Bonchev–Trinajstić information content (AvgIpc) is 2.70. The summed E-state index contributed by atoms with van der Waals surface area (Å²) in [6.07, 6.45) is 3.75. The third-order valence-electron chi connectivity index (χ3n) is 2.73. The van der Waals surface area contributed by atoms with Crippen LogP contribution in [0.5, 0.6) is 0 Å². The zero-order valence-corrected chi connectivity index (χ0v) is 10.7. The highest BCUT2D eigenvalue weighted by Gasteiger charge is 2.21. The van der Waals surface area contributed by atoms with E-state index in [9.17, 15) is 8.42 Å². The number of thiazole rings is 1. The van der Waals surface area contributed by atoms with Gasteiger partial charge in [-0.2, -0.15) is 0 Å². The van der Waals surface area contributed by atoms with E-state index >= 15 is 0 Å². The SMILES string of the molecule is O=S(=O)(Cc1cncs1)CC1CCCNC1. The van der Waals surface area contributed by atoms with Gasteiger partial charge in [0, 0.05) is 11.1 Å². The van der Waals surface area contributed by atoms with Gasteiger partial charge in [0.25, 0.3) is 0 Å². The smallest absolute Gasteiger partial charge is 0.155 e. The molecule has 0 amide bonds. The van der Waals surface area contributed by atoms with Crippen LogP contribution in [0.4, 0.5) is 0 Å². The van der Waals surface area contributed by atoms with Gasteiger partial charge in [0.1, 0.15) is 0 Å². The third-order valence-corrected chi connectivity index (χ3v) is 5.43. The summed E-state index contributed by atoms with van der Waals surface area (Å²) in [6.45, 7) is 1.85. The second-order valence-corrected chi connectivity index (χ2v) is 7.31. The van der Waals surface area contributed by atoms with Crippen molar-refractivity contribution in [2.45, 2.75) is 18.6 Å². The predicted octanol–water partition coefficient (Wildman–Crippen LogP) is 1.06. The Morgan fingerprint density at radius 1 is 1.56 bits per heavy atom. The molecular formula is C10H16N2O2S2. The minimum absolute atomic E-state index is 0.147. The maximum Gasteiger partial charge on any atom is 0.155 e. The Morgan fingerprint density at radius 3 is 3.06 bits per heavy atom. The molecule has 0 bridgehead atoms. The molecule has 0 spiro atoms. The summed E-state index contributed by atoms with van der Waals surface area (Å²) in [4.78, 5) is 4.73. The highest BCUT2D eigenvalue weighted by molar-refractivity contribution is 7.90. The van der Waals surface area contributed by atoms with Crippen molar-refractivity contribution in [3.63, 3.8) is 0 Å². The molecule has 2 rings (SSSR count). The van der Waals surface area contributed by atoms with Crippen LogP contribution < -0.4 is 5.32 Å². The molecule has 0 radical (unpaired) electrons. The normalized spacial score (nSPS) is 22.1. The van der Waals surface area contributed by atoms with Gasteiger partial charge in [0.05, 0.1) is 17.0 Å². The largest absolute Gasteiger partial charge is 0.316 e. The molecule has 90 valence electrons. The van der Waals surface area contributed by atoms with Crippen LogP contribution in [0.15, 0.2) is 11.7 Å². The Kier molecular flexibility index (Phi) is 3.94. The summed E-state index contributed by atoms with van der Waals surface area (Å²) in [6, 6.07) is 0. The summed E-state index contributed by atoms with van der Waals surface area (Å²) in [5, 5.41) is 3.24. The highest BCUT2D eigenvalue weighted by atomic mass is 32.2. The molecule has 1 unspecified atom stereocenters. The van der Waals surface area contributed by atoms with Crippen molar-refractivity contribution in [3.05, 3.63) is 16.6 Å². The van der Waals surface area contributed by atoms with Crippen molar-refractivity contribution >= 4 is 21.2 Å². The third kappa shape index (κ3) is 3.54. The molecule has 1 saturated heterocycles. The number of piperidine rings is 1. The monoisotopic (exact) mass is 260 g/mol. The van der Waals surface area contributed by atoms with Crippen molar-refractivity contribution in [3.8, 4) is 0 Å². The minimum atomic E-state index is -2.97. The lowest BCUT2D eigenvalue weighted by Crippen LogP contribution is -2.34. The van der Waals surface area contributed by atoms with Crippen LogP contribution in [-0.2, 0) is 15.6 Å². The first-order valence-electron chi connectivity index (χ1n) is 5.44. The lowest BCUT2D eigenvalue weighted by molar-refractivity contribution is 0.404. The molecule has 0 aromatic carbocycles. The van der Waals surface area contributed by atoms with Crippen molar-refractivity contribution in [2.24, 2.45) is 5.92 Å². The fourth-order valence-corrected chi connectivity index (χ4v) is 4.83. The molecular weight excluding hydrogens is 244 g/mol. The molecule has 1 aliphatic heterocycles. The Bertz CT molecular complexity index is 408. The van der Waals surface area contributed by atoms with Crippen LogP contribution in [0.3, 0.4) is 0 Å². The topological polar surface area (TPSA) is 59.1 Å². The van der Waals surface area contributed by atoms with Crippen LogP contribution in [0.1, 0.15) is 17.7 Å². The molecule has 1 aromatic rings. The molecule has 0 saturated carbocycles. The van der Waals surface area contributed by atoms with E-state index in [4.69, 9.17) is 0 Å². The molecule has 1 aliphatic rings. The van der Waals surface area contributed by atoms with Crippen molar-refractivity contribution in [1.29, 1.82) is 0 Å².